The molecule has 0 aliphatic carbocycles. The average Bonchev–Trinajstić information content (AvgIpc) is 2.80. The Morgan fingerprint density at radius 3 is 2.70 bits per heavy atom. The minimum atomic E-state index is -3.73. The van der Waals surface area contributed by atoms with E-state index in [1.165, 1.54) is 25.6 Å². The van der Waals surface area contributed by atoms with Gasteiger partial charge < -0.3 is 10.3 Å². The number of nitrogen functional groups attached to an aromatic ring is 1. The summed E-state index contributed by atoms with van der Waals surface area (Å²) in [7, 11) is -2.29. The normalized spacial score (nSPS) is 11.6. The molecule has 2 aromatic heterocycles. The first-order chi connectivity index (χ1) is 9.37. The summed E-state index contributed by atoms with van der Waals surface area (Å²) < 4.78 is 28.0. The zero-order valence-corrected chi connectivity index (χ0v) is 12.4. The molecule has 0 aromatic carbocycles. The lowest BCUT2D eigenvalue weighted by Crippen LogP contribution is -2.27. The van der Waals surface area contributed by atoms with Crippen LogP contribution >= 0.6 is 0 Å². The number of nitrogens with two attached hydrogens (primary N) is 1. The highest BCUT2D eigenvalue weighted by molar-refractivity contribution is 7.92. The van der Waals surface area contributed by atoms with E-state index in [0.29, 0.717) is 23.7 Å². The van der Waals surface area contributed by atoms with E-state index in [1.54, 1.807) is 17.6 Å². The molecule has 0 spiro atoms. The average molecular weight is 295 g/mol. The fourth-order valence-corrected chi connectivity index (χ4v) is 3.09. The van der Waals surface area contributed by atoms with Crippen LogP contribution in [-0.4, -0.2) is 30.0 Å². The molecule has 0 bridgehead atoms. The summed E-state index contributed by atoms with van der Waals surface area (Å²) in [6.45, 7) is 4.36. The van der Waals surface area contributed by atoms with Gasteiger partial charge in [-0.2, -0.15) is 8.42 Å². The topological polar surface area (TPSA) is 94.1 Å². The number of imidazole rings is 1. The summed E-state index contributed by atoms with van der Waals surface area (Å²) in [6.07, 6.45) is 4.43. The molecule has 0 fully saturated rings. The van der Waals surface area contributed by atoms with Gasteiger partial charge in [0.05, 0.1) is 17.6 Å². The van der Waals surface area contributed by atoms with Gasteiger partial charge >= 0.3 is 0 Å². The third-order valence-corrected chi connectivity index (χ3v) is 4.73. The SMILES string of the molecule is CCn1cc(S(=O)(=O)N(C)c2ccncc2N)nc1C. The highest BCUT2D eigenvalue weighted by Gasteiger charge is 2.26. The van der Waals surface area contributed by atoms with E-state index < -0.39 is 10.0 Å². The van der Waals surface area contributed by atoms with E-state index in [4.69, 9.17) is 5.73 Å². The van der Waals surface area contributed by atoms with Gasteiger partial charge in [-0.3, -0.25) is 9.29 Å². The molecule has 20 heavy (non-hydrogen) atoms. The van der Waals surface area contributed by atoms with Crippen molar-refractivity contribution in [2.24, 2.45) is 0 Å². The molecule has 0 unspecified atom stereocenters. The van der Waals surface area contributed by atoms with Crippen LogP contribution < -0.4 is 10.0 Å². The van der Waals surface area contributed by atoms with E-state index in [-0.39, 0.29) is 5.03 Å². The van der Waals surface area contributed by atoms with Crippen LogP contribution in [0.4, 0.5) is 11.4 Å². The highest BCUT2D eigenvalue weighted by Crippen LogP contribution is 2.25. The molecule has 0 atom stereocenters. The molecule has 0 radical (unpaired) electrons. The smallest absolute Gasteiger partial charge is 0.283 e. The van der Waals surface area contributed by atoms with E-state index in [9.17, 15) is 8.42 Å². The first-order valence-electron chi connectivity index (χ1n) is 6.10. The van der Waals surface area contributed by atoms with Crippen molar-refractivity contribution in [3.63, 3.8) is 0 Å². The van der Waals surface area contributed by atoms with E-state index in [0.717, 1.165) is 4.31 Å². The van der Waals surface area contributed by atoms with Gasteiger partial charge in [-0.15, -0.1) is 0 Å². The third-order valence-electron chi connectivity index (χ3n) is 3.09. The van der Waals surface area contributed by atoms with Gasteiger partial charge in [0, 0.05) is 26.0 Å². The maximum atomic E-state index is 12.5. The second-order valence-electron chi connectivity index (χ2n) is 4.32. The molecule has 0 saturated heterocycles. The molecular formula is C12H17N5O2S. The van der Waals surface area contributed by atoms with Crippen molar-refractivity contribution in [1.82, 2.24) is 14.5 Å². The van der Waals surface area contributed by atoms with Crippen molar-refractivity contribution in [3.05, 3.63) is 30.5 Å². The maximum absolute atomic E-state index is 12.5. The van der Waals surface area contributed by atoms with Crippen LogP contribution in [0.15, 0.2) is 29.7 Å². The maximum Gasteiger partial charge on any atom is 0.283 e. The number of hydrogen-bond acceptors (Lipinski definition) is 5. The minimum absolute atomic E-state index is 0.00978. The predicted molar refractivity (Wildman–Crippen MR) is 76.9 cm³/mol. The number of sulfonamides is 1. The second-order valence-corrected chi connectivity index (χ2v) is 6.24. The van der Waals surface area contributed by atoms with Crippen LogP contribution in [-0.2, 0) is 16.6 Å². The fourth-order valence-electron chi connectivity index (χ4n) is 1.88. The summed E-state index contributed by atoms with van der Waals surface area (Å²) in [5.74, 6) is 0.655. The first kappa shape index (κ1) is 14.3. The van der Waals surface area contributed by atoms with Crippen LogP contribution in [0.25, 0.3) is 0 Å². The van der Waals surface area contributed by atoms with Crippen LogP contribution in [0.2, 0.25) is 0 Å². The van der Waals surface area contributed by atoms with Crippen LogP contribution in [0.1, 0.15) is 12.7 Å². The Balaban J connectivity index is 2.47. The van der Waals surface area contributed by atoms with Gasteiger partial charge in [-0.25, -0.2) is 4.98 Å². The summed E-state index contributed by atoms with van der Waals surface area (Å²) in [6, 6.07) is 1.55. The zero-order valence-electron chi connectivity index (χ0n) is 11.6. The summed E-state index contributed by atoms with van der Waals surface area (Å²) >= 11 is 0. The van der Waals surface area contributed by atoms with Gasteiger partial charge in [-0.05, 0) is 19.9 Å². The lowest BCUT2D eigenvalue weighted by atomic mass is 10.3. The van der Waals surface area contributed by atoms with Crippen molar-refractivity contribution in [2.75, 3.05) is 17.1 Å². The molecule has 2 heterocycles. The van der Waals surface area contributed by atoms with E-state index in [1.807, 2.05) is 6.92 Å². The molecule has 8 heteroatoms. The number of aryl methyl sites for hydroxylation is 2. The molecule has 108 valence electrons. The molecule has 7 nitrogen and oxygen atoms in total. The Morgan fingerprint density at radius 2 is 2.15 bits per heavy atom. The molecule has 2 rings (SSSR count). The van der Waals surface area contributed by atoms with Crippen molar-refractivity contribution < 1.29 is 8.42 Å². The number of anilines is 2. The monoisotopic (exact) mass is 295 g/mol. The van der Waals surface area contributed by atoms with E-state index in [2.05, 4.69) is 9.97 Å². The third kappa shape index (κ3) is 2.34. The molecule has 0 aliphatic rings. The largest absolute Gasteiger partial charge is 0.396 e. The quantitative estimate of drug-likeness (QED) is 0.908. The van der Waals surface area contributed by atoms with Crippen molar-refractivity contribution in [3.8, 4) is 0 Å². The van der Waals surface area contributed by atoms with Gasteiger partial charge in [-0.1, -0.05) is 0 Å². The lowest BCUT2D eigenvalue weighted by Gasteiger charge is -2.19. The molecule has 2 aromatic rings. The molecule has 2 N–H and O–H groups in total. The van der Waals surface area contributed by atoms with Crippen molar-refractivity contribution >= 4 is 21.4 Å². The van der Waals surface area contributed by atoms with Crippen LogP contribution in [0.3, 0.4) is 0 Å². The number of nitrogens with zero attached hydrogens (tertiary/aromatic N) is 4. The second kappa shape index (κ2) is 5.12. The van der Waals surface area contributed by atoms with Gasteiger partial charge in [0.25, 0.3) is 10.0 Å². The van der Waals surface area contributed by atoms with Crippen LogP contribution in [0.5, 0.6) is 0 Å². The Labute approximate surface area is 118 Å². The Kier molecular flexibility index (Phi) is 3.67. The minimum Gasteiger partial charge on any atom is -0.396 e. The molecule has 0 aliphatic heterocycles. The number of aromatic nitrogens is 3. The Morgan fingerprint density at radius 1 is 1.45 bits per heavy atom. The first-order valence-corrected chi connectivity index (χ1v) is 7.54. The van der Waals surface area contributed by atoms with Gasteiger partial charge in [0.2, 0.25) is 0 Å². The molecule has 0 amide bonds. The Bertz CT molecular complexity index is 723. The van der Waals surface area contributed by atoms with Crippen molar-refractivity contribution in [1.29, 1.82) is 0 Å². The zero-order chi connectivity index (χ0) is 14.9. The number of hydrogen-bond donors (Lipinski definition) is 1. The predicted octanol–water partition coefficient (Wildman–Crippen LogP) is 1.01. The van der Waals surface area contributed by atoms with Crippen LogP contribution in [0, 0.1) is 6.92 Å². The summed E-state index contributed by atoms with van der Waals surface area (Å²) in [5.41, 5.74) is 6.44. The summed E-state index contributed by atoms with van der Waals surface area (Å²) in [5, 5.41) is 0.00978. The van der Waals surface area contributed by atoms with Gasteiger partial charge in [0.1, 0.15) is 5.82 Å². The molecule has 0 saturated carbocycles. The lowest BCUT2D eigenvalue weighted by molar-refractivity contribution is 0.591. The van der Waals surface area contributed by atoms with E-state index >= 15 is 0 Å². The standard InChI is InChI=1S/C12H17N5O2S/c1-4-17-8-12(15-9(17)2)20(18,19)16(3)11-5-6-14-7-10(11)13/h5-8H,4,13H2,1-3H3. The number of rotatable bonds is 4. The molecular weight excluding hydrogens is 278 g/mol. The van der Waals surface area contributed by atoms with Gasteiger partial charge in [0.15, 0.2) is 5.03 Å². The fraction of sp³-hybridized carbons (Fsp3) is 0.333. The van der Waals surface area contributed by atoms with Crippen molar-refractivity contribution in [2.45, 2.75) is 25.4 Å². The highest BCUT2D eigenvalue weighted by atomic mass is 32.2. The number of pyridine rings is 1. The Hall–Kier alpha value is -2.09. The summed E-state index contributed by atoms with van der Waals surface area (Å²) in [4.78, 5) is 7.95.